The van der Waals surface area contributed by atoms with E-state index >= 15 is 0 Å². The number of nitrogens with zero attached hydrogens (tertiary/aromatic N) is 4. The second kappa shape index (κ2) is 5.33. The molecule has 0 fully saturated rings. The van der Waals surface area contributed by atoms with E-state index in [0.717, 1.165) is 33.8 Å². The predicted molar refractivity (Wildman–Crippen MR) is 85.6 cm³/mol. The number of hydrogen-bond donors (Lipinski definition) is 0. The van der Waals surface area contributed by atoms with E-state index in [-0.39, 0.29) is 0 Å². The summed E-state index contributed by atoms with van der Waals surface area (Å²) < 4.78 is 0. The molecule has 0 saturated carbocycles. The first-order valence-corrected chi connectivity index (χ1v) is 7.02. The molecule has 0 unspecified atom stereocenters. The van der Waals surface area contributed by atoms with Gasteiger partial charge in [0.25, 0.3) is 0 Å². The minimum atomic E-state index is 0.744. The van der Waals surface area contributed by atoms with Crippen molar-refractivity contribution in [2.24, 2.45) is 20.5 Å². The van der Waals surface area contributed by atoms with Gasteiger partial charge in [0.05, 0.1) is 6.20 Å². The van der Waals surface area contributed by atoms with Gasteiger partial charge in [-0.2, -0.15) is 5.11 Å². The van der Waals surface area contributed by atoms with Crippen LogP contribution in [0.1, 0.15) is 11.1 Å². The summed E-state index contributed by atoms with van der Waals surface area (Å²) in [4.78, 5) is 0. The van der Waals surface area contributed by atoms with Crippen molar-refractivity contribution in [3.8, 4) is 0 Å². The van der Waals surface area contributed by atoms with E-state index in [4.69, 9.17) is 0 Å². The molecule has 104 valence electrons. The summed E-state index contributed by atoms with van der Waals surface area (Å²) in [6, 6.07) is 20.2. The molecule has 0 saturated heterocycles. The van der Waals surface area contributed by atoms with Gasteiger partial charge in [0.1, 0.15) is 17.1 Å². The molecule has 0 aromatic heterocycles. The molecule has 22 heavy (non-hydrogen) atoms. The van der Waals surface area contributed by atoms with Crippen molar-refractivity contribution in [1.82, 2.24) is 0 Å². The van der Waals surface area contributed by atoms with E-state index < -0.39 is 0 Å². The molecule has 0 aliphatic carbocycles. The Morgan fingerprint density at radius 2 is 1.23 bits per heavy atom. The highest BCUT2D eigenvalue weighted by Gasteiger charge is 2.24. The van der Waals surface area contributed by atoms with E-state index in [0.29, 0.717) is 0 Å². The maximum Gasteiger partial charge on any atom is 0.123 e. The summed E-state index contributed by atoms with van der Waals surface area (Å²) in [6.07, 6.45) is 3.52. The average molecular weight is 284 g/mol. The molecule has 2 aromatic rings. The zero-order valence-electron chi connectivity index (χ0n) is 11.7. The van der Waals surface area contributed by atoms with Crippen LogP contribution < -0.4 is 0 Å². The van der Waals surface area contributed by atoms with Gasteiger partial charge in [-0.1, -0.05) is 60.7 Å². The molecular weight excluding hydrogens is 272 g/mol. The van der Waals surface area contributed by atoms with Crippen LogP contribution in [-0.2, 0) is 0 Å². The van der Waals surface area contributed by atoms with E-state index in [9.17, 15) is 0 Å². The van der Waals surface area contributed by atoms with E-state index in [1.54, 1.807) is 6.20 Å². The molecule has 4 heteroatoms. The lowest BCUT2D eigenvalue weighted by Crippen LogP contribution is -1.90. The third-order valence-corrected chi connectivity index (χ3v) is 3.54. The Labute approximate surface area is 127 Å². The number of azo groups is 2. The van der Waals surface area contributed by atoms with Crippen molar-refractivity contribution in [1.29, 1.82) is 0 Å². The molecule has 2 aliphatic heterocycles. The van der Waals surface area contributed by atoms with Gasteiger partial charge < -0.3 is 0 Å². The molecule has 2 aromatic carbocycles. The summed E-state index contributed by atoms with van der Waals surface area (Å²) in [5.74, 6) is 0. The fourth-order valence-electron chi connectivity index (χ4n) is 2.53. The highest BCUT2D eigenvalue weighted by molar-refractivity contribution is 6.00. The van der Waals surface area contributed by atoms with Crippen LogP contribution in [0.2, 0.25) is 0 Å². The Hall–Kier alpha value is -3.14. The topological polar surface area (TPSA) is 49.4 Å². The first-order chi connectivity index (χ1) is 10.9. The molecule has 4 rings (SSSR count). The molecule has 0 N–H and O–H groups in total. The van der Waals surface area contributed by atoms with Crippen molar-refractivity contribution in [3.63, 3.8) is 0 Å². The molecule has 4 nitrogen and oxygen atoms in total. The lowest BCUT2D eigenvalue weighted by atomic mass is 9.97. The summed E-state index contributed by atoms with van der Waals surface area (Å²) in [6.45, 7) is 0. The Morgan fingerprint density at radius 3 is 1.86 bits per heavy atom. The van der Waals surface area contributed by atoms with Crippen LogP contribution in [0, 0.1) is 0 Å². The Kier molecular flexibility index (Phi) is 3.05. The second-order valence-electron chi connectivity index (χ2n) is 4.92. The van der Waals surface area contributed by atoms with Gasteiger partial charge in [-0.3, -0.25) is 0 Å². The largest absolute Gasteiger partial charge is 0.158 e. The standard InChI is InChI=1S/C18H12N4/c1-3-7-13(8-4-1)16-17(14-9-5-2-6-10-14)21-22-18(16)15-11-12-19-20-15/h1-12H. The maximum atomic E-state index is 4.40. The van der Waals surface area contributed by atoms with Gasteiger partial charge in [-0.05, 0) is 11.6 Å². The van der Waals surface area contributed by atoms with Crippen molar-refractivity contribution in [2.75, 3.05) is 0 Å². The summed E-state index contributed by atoms with van der Waals surface area (Å²) >= 11 is 0. The quantitative estimate of drug-likeness (QED) is 0.726. The van der Waals surface area contributed by atoms with Crippen molar-refractivity contribution >= 4 is 11.3 Å². The number of benzene rings is 2. The number of hydrogen-bond acceptors (Lipinski definition) is 4. The lowest BCUT2D eigenvalue weighted by Gasteiger charge is -2.07. The first kappa shape index (κ1) is 12.6. The monoisotopic (exact) mass is 284 g/mol. The number of allylic oxidation sites excluding steroid dienone is 2. The first-order valence-electron chi connectivity index (χ1n) is 7.02. The van der Waals surface area contributed by atoms with Gasteiger partial charge in [0.2, 0.25) is 0 Å². The predicted octanol–water partition coefficient (Wildman–Crippen LogP) is 5.21. The molecule has 2 aliphatic rings. The van der Waals surface area contributed by atoms with Gasteiger partial charge in [-0.15, -0.1) is 15.3 Å². The van der Waals surface area contributed by atoms with E-state index in [1.807, 2.05) is 54.6 Å². The van der Waals surface area contributed by atoms with Crippen LogP contribution in [0.5, 0.6) is 0 Å². The van der Waals surface area contributed by atoms with Crippen LogP contribution in [-0.4, -0.2) is 0 Å². The summed E-state index contributed by atoms with van der Waals surface area (Å²) in [7, 11) is 0. The average Bonchev–Trinajstić information content (AvgIpc) is 3.25. The molecule has 0 bridgehead atoms. The van der Waals surface area contributed by atoms with Crippen molar-refractivity contribution < 1.29 is 0 Å². The van der Waals surface area contributed by atoms with E-state index in [1.165, 1.54) is 0 Å². The van der Waals surface area contributed by atoms with Crippen LogP contribution in [0.4, 0.5) is 0 Å². The molecule has 2 heterocycles. The lowest BCUT2D eigenvalue weighted by molar-refractivity contribution is 1.16. The van der Waals surface area contributed by atoms with Crippen LogP contribution in [0.25, 0.3) is 11.3 Å². The third kappa shape index (κ3) is 2.11. The SMILES string of the molecule is C1=CC(=C2N=NC(c3ccccc3)=C2c2ccccc2)N=N1. The Balaban J connectivity index is 1.97. The minimum Gasteiger partial charge on any atom is -0.158 e. The van der Waals surface area contributed by atoms with Crippen LogP contribution in [0.15, 0.2) is 105 Å². The van der Waals surface area contributed by atoms with Gasteiger partial charge in [0.15, 0.2) is 0 Å². The molecule has 0 spiro atoms. The zero-order chi connectivity index (χ0) is 14.8. The molecule has 0 atom stereocenters. The normalized spacial score (nSPS) is 19.5. The van der Waals surface area contributed by atoms with Gasteiger partial charge in [0, 0.05) is 11.1 Å². The Morgan fingerprint density at radius 1 is 0.591 bits per heavy atom. The number of rotatable bonds is 2. The van der Waals surface area contributed by atoms with Crippen LogP contribution >= 0.6 is 0 Å². The summed E-state index contributed by atoms with van der Waals surface area (Å²) in [5, 5.41) is 16.8. The highest BCUT2D eigenvalue weighted by Crippen LogP contribution is 2.41. The Bertz CT molecular complexity index is 842. The highest BCUT2D eigenvalue weighted by atomic mass is 15.2. The molecular formula is C18H12N4. The van der Waals surface area contributed by atoms with E-state index in [2.05, 4.69) is 32.6 Å². The van der Waals surface area contributed by atoms with Crippen molar-refractivity contribution in [3.05, 3.63) is 95.5 Å². The van der Waals surface area contributed by atoms with Crippen molar-refractivity contribution in [2.45, 2.75) is 0 Å². The molecule has 0 radical (unpaired) electrons. The fourth-order valence-corrected chi connectivity index (χ4v) is 2.53. The van der Waals surface area contributed by atoms with Gasteiger partial charge >= 0.3 is 0 Å². The van der Waals surface area contributed by atoms with Crippen LogP contribution in [0.3, 0.4) is 0 Å². The summed E-state index contributed by atoms with van der Waals surface area (Å²) in [5.41, 5.74) is 5.48. The third-order valence-electron chi connectivity index (χ3n) is 3.54. The maximum absolute atomic E-state index is 4.40. The minimum absolute atomic E-state index is 0.744. The zero-order valence-corrected chi connectivity index (χ0v) is 11.7. The second-order valence-corrected chi connectivity index (χ2v) is 4.92. The molecule has 0 amide bonds. The fraction of sp³-hybridized carbons (Fsp3) is 0. The smallest absolute Gasteiger partial charge is 0.123 e. The van der Waals surface area contributed by atoms with Gasteiger partial charge in [-0.25, -0.2) is 0 Å².